The smallest absolute Gasteiger partial charge is 0.191 e. The third-order valence-corrected chi connectivity index (χ3v) is 3.91. The summed E-state index contributed by atoms with van der Waals surface area (Å²) < 4.78 is 5.55. The van der Waals surface area contributed by atoms with E-state index in [0.29, 0.717) is 12.6 Å². The van der Waals surface area contributed by atoms with Crippen LogP contribution in [0.3, 0.4) is 0 Å². The Morgan fingerprint density at radius 3 is 2.50 bits per heavy atom. The lowest BCUT2D eigenvalue weighted by Crippen LogP contribution is -2.42. The molecule has 0 aliphatic heterocycles. The second kappa shape index (κ2) is 10.4. The fourth-order valence-electron chi connectivity index (χ4n) is 2.57. The fourth-order valence-corrected chi connectivity index (χ4v) is 2.57. The van der Waals surface area contributed by atoms with Crippen LogP contribution in [-0.4, -0.2) is 19.0 Å². The van der Waals surface area contributed by atoms with E-state index in [4.69, 9.17) is 4.42 Å². The number of nitrogens with one attached hydrogen (secondary N) is 2. The lowest BCUT2D eigenvalue weighted by Gasteiger charge is -2.18. The Morgan fingerprint density at radius 2 is 1.92 bits per heavy atom. The summed E-state index contributed by atoms with van der Waals surface area (Å²) in [5, 5.41) is 6.79. The lowest BCUT2D eigenvalue weighted by molar-refractivity contribution is 0.500. The molecule has 2 N–H and O–H groups in total. The first-order valence-electron chi connectivity index (χ1n) is 8.15. The highest BCUT2D eigenvalue weighted by Gasteiger charge is 2.08. The summed E-state index contributed by atoms with van der Waals surface area (Å²) in [6.07, 6.45) is 2.13. The monoisotopic (exact) mass is 441 g/mol. The number of halogens is 1. The van der Waals surface area contributed by atoms with Crippen LogP contribution in [0.25, 0.3) is 0 Å². The SMILES string of the molecule is CN=C(NCc1cc(C)oc1C)NC(C)CCc1ccccc1.I. The van der Waals surface area contributed by atoms with Crippen LogP contribution in [-0.2, 0) is 13.0 Å². The van der Waals surface area contributed by atoms with Crippen LogP contribution in [0.4, 0.5) is 0 Å². The maximum Gasteiger partial charge on any atom is 0.191 e. The Morgan fingerprint density at radius 1 is 1.21 bits per heavy atom. The quantitative estimate of drug-likeness (QED) is 0.402. The Hall–Kier alpha value is -1.50. The molecule has 1 unspecified atom stereocenters. The van der Waals surface area contributed by atoms with Crippen LogP contribution in [0.15, 0.2) is 45.8 Å². The van der Waals surface area contributed by atoms with Gasteiger partial charge in [-0.3, -0.25) is 4.99 Å². The van der Waals surface area contributed by atoms with E-state index < -0.39 is 0 Å². The largest absolute Gasteiger partial charge is 0.466 e. The first-order chi connectivity index (χ1) is 11.1. The van der Waals surface area contributed by atoms with Gasteiger partial charge < -0.3 is 15.1 Å². The van der Waals surface area contributed by atoms with Crippen LogP contribution in [0.5, 0.6) is 0 Å². The molecule has 132 valence electrons. The van der Waals surface area contributed by atoms with Gasteiger partial charge in [-0.05, 0) is 45.2 Å². The molecule has 0 spiro atoms. The highest BCUT2D eigenvalue weighted by molar-refractivity contribution is 14.0. The number of furan rings is 1. The molecule has 1 heterocycles. The second-order valence-corrected chi connectivity index (χ2v) is 5.93. The van der Waals surface area contributed by atoms with Crippen molar-refractivity contribution >= 4 is 29.9 Å². The minimum atomic E-state index is 0. The summed E-state index contributed by atoms with van der Waals surface area (Å²) in [4.78, 5) is 4.30. The summed E-state index contributed by atoms with van der Waals surface area (Å²) in [7, 11) is 1.80. The summed E-state index contributed by atoms with van der Waals surface area (Å²) in [5.74, 6) is 2.73. The molecule has 24 heavy (non-hydrogen) atoms. The Balaban J connectivity index is 0.00000288. The van der Waals surface area contributed by atoms with Crippen LogP contribution < -0.4 is 10.6 Å². The summed E-state index contributed by atoms with van der Waals surface area (Å²) in [6, 6.07) is 13.0. The molecule has 0 aliphatic carbocycles. The summed E-state index contributed by atoms with van der Waals surface area (Å²) in [5.41, 5.74) is 2.54. The van der Waals surface area contributed by atoms with Crippen molar-refractivity contribution in [1.82, 2.24) is 10.6 Å². The van der Waals surface area contributed by atoms with Crippen molar-refractivity contribution in [3.8, 4) is 0 Å². The van der Waals surface area contributed by atoms with Crippen LogP contribution in [0, 0.1) is 13.8 Å². The minimum Gasteiger partial charge on any atom is -0.466 e. The normalized spacial score (nSPS) is 12.4. The topological polar surface area (TPSA) is 49.6 Å². The average Bonchev–Trinajstić information content (AvgIpc) is 2.88. The third-order valence-electron chi connectivity index (χ3n) is 3.91. The number of hydrogen-bond acceptors (Lipinski definition) is 2. The summed E-state index contributed by atoms with van der Waals surface area (Å²) >= 11 is 0. The maximum atomic E-state index is 5.55. The van der Waals surface area contributed by atoms with Gasteiger partial charge in [-0.25, -0.2) is 0 Å². The van der Waals surface area contributed by atoms with Gasteiger partial charge in [-0.15, -0.1) is 24.0 Å². The van der Waals surface area contributed by atoms with E-state index in [0.717, 1.165) is 30.3 Å². The third kappa shape index (κ3) is 6.55. The number of hydrogen-bond donors (Lipinski definition) is 2. The first kappa shape index (κ1) is 20.5. The van der Waals surface area contributed by atoms with E-state index in [1.54, 1.807) is 7.05 Å². The number of aliphatic imine (C=N–C) groups is 1. The maximum absolute atomic E-state index is 5.55. The van der Waals surface area contributed by atoms with Gasteiger partial charge in [-0.1, -0.05) is 30.3 Å². The number of nitrogens with zero attached hydrogens (tertiary/aromatic N) is 1. The molecule has 1 atom stereocenters. The van der Waals surface area contributed by atoms with Gasteiger partial charge in [0.25, 0.3) is 0 Å². The van der Waals surface area contributed by atoms with Crippen LogP contribution in [0.1, 0.15) is 36.0 Å². The average molecular weight is 441 g/mol. The standard InChI is InChI=1S/C19H27N3O.HI/c1-14(10-11-17-8-6-5-7-9-17)22-19(20-4)21-13-18-12-15(2)23-16(18)3;/h5-9,12,14H,10-11,13H2,1-4H3,(H2,20,21,22);1H. The van der Waals surface area contributed by atoms with Gasteiger partial charge >= 0.3 is 0 Å². The molecule has 1 aromatic carbocycles. The Bertz CT molecular complexity index is 637. The molecular formula is C19H28IN3O. The molecule has 4 nitrogen and oxygen atoms in total. The number of rotatable bonds is 6. The minimum absolute atomic E-state index is 0. The molecule has 0 aliphatic rings. The van der Waals surface area contributed by atoms with Crippen LogP contribution >= 0.6 is 24.0 Å². The predicted octanol–water partition coefficient (Wildman–Crippen LogP) is 4.20. The zero-order chi connectivity index (χ0) is 16.7. The molecule has 0 fully saturated rings. The molecule has 1 aromatic heterocycles. The first-order valence-corrected chi connectivity index (χ1v) is 8.15. The van der Waals surface area contributed by atoms with Gasteiger partial charge in [0.15, 0.2) is 5.96 Å². The van der Waals surface area contributed by atoms with Crippen molar-refractivity contribution in [2.24, 2.45) is 4.99 Å². The van der Waals surface area contributed by atoms with E-state index in [1.807, 2.05) is 13.8 Å². The van der Waals surface area contributed by atoms with Crippen molar-refractivity contribution < 1.29 is 4.42 Å². The van der Waals surface area contributed by atoms with E-state index >= 15 is 0 Å². The Labute approximate surface area is 162 Å². The number of benzene rings is 1. The zero-order valence-corrected chi connectivity index (χ0v) is 17.3. The number of aryl methyl sites for hydroxylation is 3. The number of guanidine groups is 1. The summed E-state index contributed by atoms with van der Waals surface area (Å²) in [6.45, 7) is 6.86. The van der Waals surface area contributed by atoms with Crippen LogP contribution in [0.2, 0.25) is 0 Å². The molecule has 2 aromatic rings. The lowest BCUT2D eigenvalue weighted by atomic mass is 10.1. The van der Waals surface area contributed by atoms with Gasteiger partial charge in [0.1, 0.15) is 11.5 Å². The molecule has 0 amide bonds. The van der Waals surface area contributed by atoms with Gasteiger partial charge in [0.05, 0.1) is 0 Å². The van der Waals surface area contributed by atoms with Crippen molar-refractivity contribution in [1.29, 1.82) is 0 Å². The van der Waals surface area contributed by atoms with Crippen molar-refractivity contribution in [2.45, 2.75) is 46.2 Å². The molecule has 0 radical (unpaired) electrons. The van der Waals surface area contributed by atoms with E-state index in [9.17, 15) is 0 Å². The predicted molar refractivity (Wildman–Crippen MR) is 111 cm³/mol. The van der Waals surface area contributed by atoms with E-state index in [-0.39, 0.29) is 24.0 Å². The molecule has 0 bridgehead atoms. The van der Waals surface area contributed by atoms with Crippen molar-refractivity contribution in [3.05, 3.63) is 59.0 Å². The molecular weight excluding hydrogens is 413 g/mol. The molecule has 5 heteroatoms. The fraction of sp³-hybridized carbons (Fsp3) is 0.421. The molecule has 2 rings (SSSR count). The van der Waals surface area contributed by atoms with Gasteiger partial charge in [-0.2, -0.15) is 0 Å². The van der Waals surface area contributed by atoms with E-state index in [1.165, 1.54) is 11.1 Å². The van der Waals surface area contributed by atoms with Crippen molar-refractivity contribution in [3.63, 3.8) is 0 Å². The van der Waals surface area contributed by atoms with Crippen molar-refractivity contribution in [2.75, 3.05) is 7.05 Å². The highest BCUT2D eigenvalue weighted by Crippen LogP contribution is 2.13. The zero-order valence-electron chi connectivity index (χ0n) is 14.9. The van der Waals surface area contributed by atoms with Gasteiger partial charge in [0.2, 0.25) is 0 Å². The molecule has 0 saturated carbocycles. The molecule has 0 saturated heterocycles. The van der Waals surface area contributed by atoms with E-state index in [2.05, 4.69) is 58.9 Å². The second-order valence-electron chi connectivity index (χ2n) is 5.93. The highest BCUT2D eigenvalue weighted by atomic mass is 127. The van der Waals surface area contributed by atoms with Gasteiger partial charge in [0, 0.05) is 25.2 Å². The Kier molecular flexibility index (Phi) is 8.89.